The second-order valence-corrected chi connectivity index (χ2v) is 7.94. The molecule has 2 rings (SSSR count). The normalized spacial score (nSPS) is 27.4. The third-order valence-corrected chi connectivity index (χ3v) is 5.87. The van der Waals surface area contributed by atoms with Crippen molar-refractivity contribution in [3.8, 4) is 0 Å². The van der Waals surface area contributed by atoms with E-state index in [0.29, 0.717) is 11.8 Å². The van der Waals surface area contributed by atoms with Crippen molar-refractivity contribution in [1.82, 2.24) is 10.2 Å². The van der Waals surface area contributed by atoms with Crippen LogP contribution in [0.2, 0.25) is 0 Å². The number of sulfone groups is 1. The molecule has 0 saturated carbocycles. The Balaban J connectivity index is 1.75. The summed E-state index contributed by atoms with van der Waals surface area (Å²) >= 11 is 0. The summed E-state index contributed by atoms with van der Waals surface area (Å²) < 4.78 is 28.1. The maximum Gasteiger partial charge on any atom is 0.248 e. The molecule has 2 aliphatic heterocycles. The van der Waals surface area contributed by atoms with E-state index in [9.17, 15) is 13.2 Å². The summed E-state index contributed by atoms with van der Waals surface area (Å²) in [6, 6.07) is 0.403. The highest BCUT2D eigenvalue weighted by Gasteiger charge is 2.28. The van der Waals surface area contributed by atoms with Crippen molar-refractivity contribution >= 4 is 15.7 Å². The van der Waals surface area contributed by atoms with Gasteiger partial charge in [0.2, 0.25) is 5.91 Å². The minimum absolute atomic E-state index is 0.0335. The number of methoxy groups -OCH3 is 1. The SMILES string of the molecule is COCC(=O)N1CCC(NC2CCCS(=O)(=O)C2)CC1. The van der Waals surface area contributed by atoms with Gasteiger partial charge < -0.3 is 15.0 Å². The molecule has 6 nitrogen and oxygen atoms in total. The van der Waals surface area contributed by atoms with Gasteiger partial charge in [-0.15, -0.1) is 0 Å². The van der Waals surface area contributed by atoms with Crippen LogP contribution in [0.3, 0.4) is 0 Å². The molecule has 2 saturated heterocycles. The lowest BCUT2D eigenvalue weighted by Crippen LogP contribution is -2.51. The van der Waals surface area contributed by atoms with Crippen LogP contribution in [0, 0.1) is 0 Å². The number of amides is 1. The number of carbonyl (C=O) groups excluding carboxylic acids is 1. The molecule has 0 radical (unpaired) electrons. The number of carbonyl (C=O) groups is 1. The Morgan fingerprint density at radius 2 is 1.95 bits per heavy atom. The predicted molar refractivity (Wildman–Crippen MR) is 76.3 cm³/mol. The summed E-state index contributed by atoms with van der Waals surface area (Å²) in [5, 5.41) is 3.46. The average Bonchev–Trinajstić information content (AvgIpc) is 2.38. The van der Waals surface area contributed by atoms with Crippen LogP contribution in [0.15, 0.2) is 0 Å². The standard InChI is InChI=1S/C13H24N2O4S/c1-19-9-13(16)15-6-4-11(5-7-15)14-12-3-2-8-20(17,18)10-12/h11-12,14H,2-10H2,1H3. The average molecular weight is 304 g/mol. The van der Waals surface area contributed by atoms with E-state index < -0.39 is 9.84 Å². The first-order valence-electron chi connectivity index (χ1n) is 7.23. The number of piperidine rings is 1. The molecule has 116 valence electrons. The van der Waals surface area contributed by atoms with Gasteiger partial charge in [0.1, 0.15) is 6.61 Å². The highest BCUT2D eigenvalue weighted by atomic mass is 32.2. The van der Waals surface area contributed by atoms with Gasteiger partial charge in [0, 0.05) is 32.3 Å². The van der Waals surface area contributed by atoms with Crippen LogP contribution >= 0.6 is 0 Å². The van der Waals surface area contributed by atoms with Gasteiger partial charge in [0.05, 0.1) is 11.5 Å². The van der Waals surface area contributed by atoms with Crippen LogP contribution in [0.5, 0.6) is 0 Å². The van der Waals surface area contributed by atoms with Crippen LogP contribution in [-0.2, 0) is 19.4 Å². The maximum absolute atomic E-state index is 11.7. The summed E-state index contributed by atoms with van der Waals surface area (Å²) in [7, 11) is -1.33. The van der Waals surface area contributed by atoms with Crippen LogP contribution in [0.25, 0.3) is 0 Å². The molecule has 0 aromatic rings. The van der Waals surface area contributed by atoms with E-state index in [2.05, 4.69) is 5.32 Å². The van der Waals surface area contributed by atoms with Crippen molar-refractivity contribution in [2.45, 2.75) is 37.8 Å². The van der Waals surface area contributed by atoms with Gasteiger partial charge in [-0.25, -0.2) is 8.42 Å². The number of hydrogen-bond acceptors (Lipinski definition) is 5. The van der Waals surface area contributed by atoms with Crippen LogP contribution in [0.1, 0.15) is 25.7 Å². The first kappa shape index (κ1) is 15.7. The molecular weight excluding hydrogens is 280 g/mol. The minimum atomic E-state index is -2.86. The zero-order valence-corrected chi connectivity index (χ0v) is 12.8. The zero-order valence-electron chi connectivity index (χ0n) is 12.0. The molecule has 7 heteroatoms. The van der Waals surface area contributed by atoms with Crippen molar-refractivity contribution in [2.75, 3.05) is 38.3 Å². The first-order chi connectivity index (χ1) is 9.50. The van der Waals surface area contributed by atoms with Gasteiger partial charge in [-0.1, -0.05) is 0 Å². The number of rotatable bonds is 4. The highest BCUT2D eigenvalue weighted by molar-refractivity contribution is 7.91. The van der Waals surface area contributed by atoms with Crippen molar-refractivity contribution in [3.05, 3.63) is 0 Å². The van der Waals surface area contributed by atoms with Crippen molar-refractivity contribution in [3.63, 3.8) is 0 Å². The van der Waals surface area contributed by atoms with E-state index in [1.54, 1.807) is 0 Å². The van der Waals surface area contributed by atoms with Gasteiger partial charge in [-0.2, -0.15) is 0 Å². The molecule has 1 amide bonds. The van der Waals surface area contributed by atoms with E-state index in [1.807, 2.05) is 4.90 Å². The molecular formula is C13H24N2O4S. The van der Waals surface area contributed by atoms with E-state index in [0.717, 1.165) is 38.8 Å². The van der Waals surface area contributed by atoms with Gasteiger partial charge >= 0.3 is 0 Å². The van der Waals surface area contributed by atoms with Crippen molar-refractivity contribution in [2.24, 2.45) is 0 Å². The van der Waals surface area contributed by atoms with E-state index in [4.69, 9.17) is 4.74 Å². The number of nitrogens with zero attached hydrogens (tertiary/aromatic N) is 1. The molecule has 2 aliphatic rings. The van der Waals surface area contributed by atoms with Crippen LogP contribution in [-0.4, -0.2) is 69.6 Å². The fraction of sp³-hybridized carbons (Fsp3) is 0.923. The molecule has 2 fully saturated rings. The number of likely N-dealkylation sites (tertiary alicyclic amines) is 1. The van der Waals surface area contributed by atoms with E-state index >= 15 is 0 Å². The Kier molecular flexibility index (Phi) is 5.40. The first-order valence-corrected chi connectivity index (χ1v) is 9.05. The molecule has 2 heterocycles. The Bertz CT molecular complexity index is 430. The fourth-order valence-electron chi connectivity index (χ4n) is 3.00. The Labute approximate surface area is 120 Å². The van der Waals surface area contributed by atoms with Crippen molar-refractivity contribution in [1.29, 1.82) is 0 Å². The van der Waals surface area contributed by atoms with Crippen molar-refractivity contribution < 1.29 is 17.9 Å². The lowest BCUT2D eigenvalue weighted by atomic mass is 10.0. The second-order valence-electron chi connectivity index (χ2n) is 5.71. The largest absolute Gasteiger partial charge is 0.375 e. The Hall–Kier alpha value is -0.660. The Morgan fingerprint density at radius 1 is 1.25 bits per heavy atom. The van der Waals surface area contributed by atoms with Crippen LogP contribution in [0.4, 0.5) is 0 Å². The molecule has 0 bridgehead atoms. The van der Waals surface area contributed by atoms with Crippen LogP contribution < -0.4 is 5.32 Å². The smallest absolute Gasteiger partial charge is 0.248 e. The van der Waals surface area contributed by atoms with Gasteiger partial charge in [0.25, 0.3) is 0 Å². The fourth-order valence-corrected chi connectivity index (χ4v) is 4.65. The monoisotopic (exact) mass is 304 g/mol. The lowest BCUT2D eigenvalue weighted by molar-refractivity contribution is -0.136. The maximum atomic E-state index is 11.7. The molecule has 1 atom stereocenters. The topological polar surface area (TPSA) is 75.7 Å². The quantitative estimate of drug-likeness (QED) is 0.778. The lowest BCUT2D eigenvalue weighted by Gasteiger charge is -2.35. The number of hydrogen-bond donors (Lipinski definition) is 1. The minimum Gasteiger partial charge on any atom is -0.375 e. The molecule has 0 aromatic heterocycles. The molecule has 0 spiro atoms. The second kappa shape index (κ2) is 6.87. The van der Waals surface area contributed by atoms with Gasteiger partial charge in [-0.05, 0) is 25.7 Å². The summed E-state index contributed by atoms with van der Waals surface area (Å²) in [5.41, 5.74) is 0. The molecule has 0 aliphatic carbocycles. The van der Waals surface area contributed by atoms with E-state index in [1.165, 1.54) is 7.11 Å². The summed E-state index contributed by atoms with van der Waals surface area (Å²) in [6.07, 6.45) is 3.45. The molecule has 0 aromatic carbocycles. The molecule has 1 N–H and O–H groups in total. The zero-order chi connectivity index (χ0) is 14.6. The third kappa shape index (κ3) is 4.43. The van der Waals surface area contributed by atoms with E-state index in [-0.39, 0.29) is 24.3 Å². The van der Waals surface area contributed by atoms with Gasteiger partial charge in [0.15, 0.2) is 9.84 Å². The third-order valence-electron chi connectivity index (χ3n) is 4.05. The Morgan fingerprint density at radius 3 is 2.55 bits per heavy atom. The summed E-state index contributed by atoms with van der Waals surface area (Å²) in [5.74, 6) is 0.622. The summed E-state index contributed by atoms with van der Waals surface area (Å²) in [4.78, 5) is 13.5. The number of ether oxygens (including phenoxy) is 1. The molecule has 20 heavy (non-hydrogen) atoms. The molecule has 1 unspecified atom stereocenters. The van der Waals surface area contributed by atoms with Gasteiger partial charge in [-0.3, -0.25) is 4.79 Å². The summed E-state index contributed by atoms with van der Waals surface area (Å²) in [6.45, 7) is 1.58. The number of nitrogens with one attached hydrogen (secondary N) is 1. The predicted octanol–water partition coefficient (Wildman–Crippen LogP) is -0.209. The highest BCUT2D eigenvalue weighted by Crippen LogP contribution is 2.16.